The van der Waals surface area contributed by atoms with Crippen LogP contribution < -0.4 is 11.2 Å². The average Bonchev–Trinajstić information content (AvgIpc) is 3.09. The Hall–Kier alpha value is -1.76. The highest BCUT2D eigenvalue weighted by Crippen LogP contribution is 2.37. The van der Waals surface area contributed by atoms with Gasteiger partial charge in [-0.15, -0.1) is 0 Å². The standard InChI is InChI=1S/C13H14N4O2S/c18-11-8-10(17(7-4-5-7)13(19)16-11)14-9(15-12(8)20)6-2-1-3-6/h6-7H,1-5H2,(H,14,15,20)(H,16,18,19). The lowest BCUT2D eigenvalue weighted by molar-refractivity contribution is 0.401. The van der Waals surface area contributed by atoms with Crippen molar-refractivity contribution >= 4 is 23.3 Å². The van der Waals surface area contributed by atoms with Crippen molar-refractivity contribution < 1.29 is 0 Å². The summed E-state index contributed by atoms with van der Waals surface area (Å²) in [5.41, 5.74) is -0.264. The average molecular weight is 290 g/mol. The number of hydrogen-bond acceptors (Lipinski definition) is 4. The molecule has 0 aromatic carbocycles. The summed E-state index contributed by atoms with van der Waals surface area (Å²) >= 11 is 5.26. The lowest BCUT2D eigenvalue weighted by Crippen LogP contribution is -2.31. The fourth-order valence-electron chi connectivity index (χ4n) is 2.74. The first-order valence-corrected chi connectivity index (χ1v) is 7.34. The predicted molar refractivity (Wildman–Crippen MR) is 76.7 cm³/mol. The number of nitrogens with zero attached hydrogens (tertiary/aromatic N) is 2. The Morgan fingerprint density at radius 2 is 1.90 bits per heavy atom. The molecule has 0 aliphatic heterocycles. The summed E-state index contributed by atoms with van der Waals surface area (Å²) in [6.07, 6.45) is 5.28. The largest absolute Gasteiger partial charge is 0.330 e. The van der Waals surface area contributed by atoms with Crippen molar-refractivity contribution in [1.82, 2.24) is 19.5 Å². The Morgan fingerprint density at radius 1 is 1.15 bits per heavy atom. The molecule has 0 saturated heterocycles. The topological polar surface area (TPSA) is 83.5 Å². The van der Waals surface area contributed by atoms with Crippen molar-refractivity contribution in [1.29, 1.82) is 0 Å². The number of rotatable bonds is 2. The first kappa shape index (κ1) is 12.0. The summed E-state index contributed by atoms with van der Waals surface area (Å²) < 4.78 is 1.92. The van der Waals surface area contributed by atoms with Gasteiger partial charge < -0.3 is 4.98 Å². The van der Waals surface area contributed by atoms with Gasteiger partial charge in [-0.1, -0.05) is 18.6 Å². The number of fused-ring (bicyclic) bond motifs is 1. The minimum Gasteiger partial charge on any atom is -0.329 e. The van der Waals surface area contributed by atoms with Gasteiger partial charge in [-0.05, 0) is 25.7 Å². The summed E-state index contributed by atoms with van der Waals surface area (Å²) in [5, 5.41) is 0.328. The van der Waals surface area contributed by atoms with Gasteiger partial charge in [-0.3, -0.25) is 14.3 Å². The highest BCUT2D eigenvalue weighted by Gasteiger charge is 2.29. The number of hydrogen-bond donors (Lipinski definition) is 2. The summed E-state index contributed by atoms with van der Waals surface area (Å²) in [7, 11) is 0. The zero-order valence-electron chi connectivity index (χ0n) is 10.8. The monoisotopic (exact) mass is 290 g/mol. The molecule has 0 radical (unpaired) electrons. The molecule has 0 spiro atoms. The van der Waals surface area contributed by atoms with Crippen molar-refractivity contribution in [2.24, 2.45) is 0 Å². The van der Waals surface area contributed by atoms with E-state index >= 15 is 0 Å². The normalized spacial score (nSPS) is 19.2. The van der Waals surface area contributed by atoms with E-state index in [0.717, 1.165) is 31.5 Å². The second-order valence-electron chi connectivity index (χ2n) is 5.64. The third kappa shape index (κ3) is 1.69. The predicted octanol–water partition coefficient (Wildman–Crippen LogP) is 1.74. The fraction of sp³-hybridized carbons (Fsp3) is 0.538. The summed E-state index contributed by atoms with van der Waals surface area (Å²) in [5.74, 6) is 1.19. The molecule has 6 nitrogen and oxygen atoms in total. The first-order chi connectivity index (χ1) is 9.65. The molecule has 2 N–H and O–H groups in total. The van der Waals surface area contributed by atoms with Crippen molar-refractivity contribution in [3.05, 3.63) is 31.3 Å². The molecule has 2 aromatic rings. The minimum atomic E-state index is -0.448. The Labute approximate surface area is 118 Å². The maximum Gasteiger partial charge on any atom is 0.330 e. The van der Waals surface area contributed by atoms with E-state index < -0.39 is 5.56 Å². The maximum absolute atomic E-state index is 12.0. The minimum absolute atomic E-state index is 0.171. The van der Waals surface area contributed by atoms with Crippen molar-refractivity contribution in [2.75, 3.05) is 0 Å². The van der Waals surface area contributed by atoms with Gasteiger partial charge in [-0.25, -0.2) is 9.78 Å². The van der Waals surface area contributed by atoms with Gasteiger partial charge in [0.05, 0.1) is 0 Å². The van der Waals surface area contributed by atoms with Crippen LogP contribution in [0, 0.1) is 4.64 Å². The Morgan fingerprint density at radius 3 is 2.50 bits per heavy atom. The third-order valence-corrected chi connectivity index (χ3v) is 4.53. The Balaban J connectivity index is 2.09. The number of nitrogens with one attached hydrogen (secondary N) is 2. The van der Waals surface area contributed by atoms with Crippen LogP contribution in [-0.4, -0.2) is 19.5 Å². The highest BCUT2D eigenvalue weighted by molar-refractivity contribution is 7.71. The molecule has 2 aliphatic rings. The molecule has 0 unspecified atom stereocenters. The van der Waals surface area contributed by atoms with E-state index in [1.807, 2.05) is 0 Å². The van der Waals surface area contributed by atoms with E-state index in [0.29, 0.717) is 17.0 Å². The molecule has 2 saturated carbocycles. The zero-order valence-corrected chi connectivity index (χ0v) is 11.6. The van der Waals surface area contributed by atoms with Crippen LogP contribution in [0.2, 0.25) is 0 Å². The van der Waals surface area contributed by atoms with Crippen LogP contribution in [-0.2, 0) is 0 Å². The molecule has 7 heteroatoms. The second-order valence-corrected chi connectivity index (χ2v) is 6.03. The molecule has 104 valence electrons. The molecule has 2 heterocycles. The fourth-order valence-corrected chi connectivity index (χ4v) is 3.03. The van der Waals surface area contributed by atoms with Gasteiger partial charge >= 0.3 is 5.69 Å². The molecule has 0 bridgehead atoms. The van der Waals surface area contributed by atoms with Crippen molar-refractivity contribution in [3.63, 3.8) is 0 Å². The Bertz CT molecular complexity index is 871. The van der Waals surface area contributed by atoms with Crippen LogP contribution in [0.1, 0.15) is 49.9 Å². The lowest BCUT2D eigenvalue weighted by atomic mass is 9.85. The molecule has 2 fully saturated rings. The van der Waals surface area contributed by atoms with Crippen LogP contribution >= 0.6 is 12.2 Å². The van der Waals surface area contributed by atoms with E-state index in [4.69, 9.17) is 12.2 Å². The second kappa shape index (κ2) is 4.12. The smallest absolute Gasteiger partial charge is 0.329 e. The van der Waals surface area contributed by atoms with Crippen LogP contribution in [0.25, 0.3) is 11.0 Å². The van der Waals surface area contributed by atoms with E-state index in [2.05, 4.69) is 15.0 Å². The van der Waals surface area contributed by atoms with Crippen LogP contribution in [0.3, 0.4) is 0 Å². The summed E-state index contributed by atoms with van der Waals surface area (Å²) in [6.45, 7) is 0. The molecular weight excluding hydrogens is 276 g/mol. The van der Waals surface area contributed by atoms with Crippen LogP contribution in [0.5, 0.6) is 0 Å². The van der Waals surface area contributed by atoms with Gasteiger partial charge in [0.1, 0.15) is 21.5 Å². The molecule has 2 aliphatic carbocycles. The third-order valence-electron chi connectivity index (χ3n) is 4.23. The molecule has 0 atom stereocenters. The van der Waals surface area contributed by atoms with E-state index in [1.54, 1.807) is 4.57 Å². The number of H-pyrrole nitrogens is 2. The van der Waals surface area contributed by atoms with Gasteiger partial charge in [0, 0.05) is 12.0 Å². The van der Waals surface area contributed by atoms with Gasteiger partial charge in [0.2, 0.25) is 0 Å². The molecular formula is C13H14N4O2S. The lowest BCUT2D eigenvalue weighted by Gasteiger charge is -2.24. The summed E-state index contributed by atoms with van der Waals surface area (Å²) in [6, 6.07) is 0.171. The zero-order chi connectivity index (χ0) is 13.9. The maximum atomic E-state index is 12.0. The van der Waals surface area contributed by atoms with Crippen molar-refractivity contribution in [3.8, 4) is 0 Å². The highest BCUT2D eigenvalue weighted by atomic mass is 32.1. The quantitative estimate of drug-likeness (QED) is 0.825. The molecule has 0 amide bonds. The first-order valence-electron chi connectivity index (χ1n) is 6.94. The molecule has 4 rings (SSSR count). The SMILES string of the molecule is O=c1[nH]c(=O)n(C2CC2)c2[nH]c(C3CCC3)nc(=S)c12. The van der Waals surface area contributed by atoms with Gasteiger partial charge in [0.15, 0.2) is 0 Å². The van der Waals surface area contributed by atoms with Crippen molar-refractivity contribution in [2.45, 2.75) is 44.1 Å². The van der Waals surface area contributed by atoms with E-state index in [9.17, 15) is 9.59 Å². The number of aromatic amines is 2. The van der Waals surface area contributed by atoms with E-state index in [1.165, 1.54) is 6.42 Å². The molecule has 2 aromatic heterocycles. The van der Waals surface area contributed by atoms with Crippen LogP contribution in [0.4, 0.5) is 0 Å². The van der Waals surface area contributed by atoms with Crippen LogP contribution in [0.15, 0.2) is 9.59 Å². The summed E-state index contributed by atoms with van der Waals surface area (Å²) in [4.78, 5) is 33.9. The van der Waals surface area contributed by atoms with E-state index in [-0.39, 0.29) is 16.4 Å². The number of aromatic nitrogens is 4. The van der Waals surface area contributed by atoms with Gasteiger partial charge in [0.25, 0.3) is 5.56 Å². The molecule has 20 heavy (non-hydrogen) atoms. The Kier molecular flexibility index (Phi) is 2.47. The van der Waals surface area contributed by atoms with Gasteiger partial charge in [-0.2, -0.15) is 0 Å².